The van der Waals surface area contributed by atoms with Crippen LogP contribution in [0.4, 0.5) is 17.3 Å². The van der Waals surface area contributed by atoms with Crippen LogP contribution in [-0.2, 0) is 4.79 Å². The number of pyridine rings is 1. The zero-order valence-corrected chi connectivity index (χ0v) is 18.3. The number of rotatable bonds is 4. The van der Waals surface area contributed by atoms with E-state index in [1.54, 1.807) is 12.1 Å². The molecule has 2 fully saturated rings. The molecule has 32 heavy (non-hydrogen) atoms. The molecule has 3 heterocycles. The topological polar surface area (TPSA) is 121 Å². The van der Waals surface area contributed by atoms with Gasteiger partial charge in [0, 0.05) is 19.0 Å². The Morgan fingerprint density at radius 3 is 2.56 bits per heavy atom. The Kier molecular flexibility index (Phi) is 4.87. The van der Waals surface area contributed by atoms with Crippen molar-refractivity contribution in [2.75, 3.05) is 22.7 Å². The van der Waals surface area contributed by atoms with E-state index >= 15 is 0 Å². The summed E-state index contributed by atoms with van der Waals surface area (Å²) in [5.74, 6) is 0.552. The highest BCUT2D eigenvalue weighted by Gasteiger charge is 2.44. The molecule has 0 bridgehead atoms. The number of nitrogens with zero attached hydrogens (tertiary/aromatic N) is 4. The number of carbonyl (C=O) groups excluding carboxylic acids is 2. The SMILES string of the molecule is Cc1cc(Nc2cc(NC(=O)C3CC3)ncn2)c(=O)n2c1C(=O)NC1(CCCCC1)N2C. The standard InChI is InChI=1S/C22H27N7O3/c1-13-10-15(25-16-11-17(24-12-23-16)26-19(30)14-6-7-14)21(32)29-18(13)20(31)27-22(28(29)2)8-4-3-5-9-22/h10-12,14H,3-9H2,1-2H3,(H,27,31)(H2,23,24,25,26,30). The average molecular weight is 438 g/mol. The molecule has 168 valence electrons. The number of hydrogen-bond acceptors (Lipinski definition) is 7. The molecule has 0 radical (unpaired) electrons. The lowest BCUT2D eigenvalue weighted by Gasteiger charge is -2.50. The van der Waals surface area contributed by atoms with Gasteiger partial charge in [0.1, 0.15) is 35.0 Å². The van der Waals surface area contributed by atoms with Crippen molar-refractivity contribution in [3.8, 4) is 0 Å². The zero-order chi connectivity index (χ0) is 22.5. The molecule has 1 spiro atoms. The second-order valence-electron chi connectivity index (χ2n) is 8.95. The fraction of sp³-hybridized carbons (Fsp3) is 0.500. The first-order valence-corrected chi connectivity index (χ1v) is 11.1. The highest BCUT2D eigenvalue weighted by molar-refractivity contribution is 5.96. The van der Waals surface area contributed by atoms with Crippen LogP contribution in [0.15, 0.2) is 23.3 Å². The van der Waals surface area contributed by atoms with E-state index < -0.39 is 5.66 Å². The van der Waals surface area contributed by atoms with Gasteiger partial charge >= 0.3 is 0 Å². The molecule has 0 saturated heterocycles. The second-order valence-corrected chi connectivity index (χ2v) is 8.95. The molecule has 2 aliphatic carbocycles. The predicted molar refractivity (Wildman–Crippen MR) is 120 cm³/mol. The normalized spacial score (nSPS) is 19.3. The number of fused-ring (bicyclic) bond motifs is 1. The van der Waals surface area contributed by atoms with E-state index in [4.69, 9.17) is 0 Å². The molecule has 0 unspecified atom stereocenters. The summed E-state index contributed by atoms with van der Waals surface area (Å²) in [6.07, 6.45) is 7.86. The van der Waals surface area contributed by atoms with E-state index in [1.807, 2.05) is 19.0 Å². The molecule has 10 heteroatoms. The second kappa shape index (κ2) is 7.61. The van der Waals surface area contributed by atoms with Gasteiger partial charge in [0.2, 0.25) is 5.91 Å². The molecule has 2 aromatic rings. The van der Waals surface area contributed by atoms with E-state index in [0.717, 1.165) is 44.9 Å². The Hall–Kier alpha value is -3.43. The zero-order valence-electron chi connectivity index (χ0n) is 18.3. The van der Waals surface area contributed by atoms with Gasteiger partial charge in [-0.15, -0.1) is 0 Å². The Labute approximate surface area is 185 Å². The highest BCUT2D eigenvalue weighted by Crippen LogP contribution is 2.33. The minimum atomic E-state index is -0.549. The number of hydrogen-bond donors (Lipinski definition) is 3. The summed E-state index contributed by atoms with van der Waals surface area (Å²) in [6.45, 7) is 1.81. The summed E-state index contributed by atoms with van der Waals surface area (Å²) in [5.41, 5.74) is 0.455. The number of aryl methyl sites for hydroxylation is 1. The van der Waals surface area contributed by atoms with Crippen LogP contribution in [0, 0.1) is 12.8 Å². The van der Waals surface area contributed by atoms with Crippen molar-refractivity contribution in [2.45, 2.75) is 57.5 Å². The lowest BCUT2D eigenvalue weighted by atomic mass is 9.87. The van der Waals surface area contributed by atoms with E-state index in [0.29, 0.717) is 28.6 Å². The maximum absolute atomic E-state index is 13.5. The third kappa shape index (κ3) is 3.49. The maximum atomic E-state index is 13.5. The average Bonchev–Trinajstić information content (AvgIpc) is 3.61. The molecular weight excluding hydrogens is 410 g/mol. The van der Waals surface area contributed by atoms with E-state index in [9.17, 15) is 14.4 Å². The van der Waals surface area contributed by atoms with Gasteiger partial charge in [0.05, 0.1) is 0 Å². The Balaban J connectivity index is 1.48. The molecule has 3 N–H and O–H groups in total. The third-order valence-corrected chi connectivity index (χ3v) is 6.66. The summed E-state index contributed by atoms with van der Waals surface area (Å²) in [4.78, 5) is 46.8. The van der Waals surface area contributed by atoms with Gasteiger partial charge < -0.3 is 16.0 Å². The monoisotopic (exact) mass is 437 g/mol. The maximum Gasteiger partial charge on any atom is 0.293 e. The van der Waals surface area contributed by atoms with Crippen LogP contribution >= 0.6 is 0 Å². The molecule has 0 aromatic carbocycles. The smallest absolute Gasteiger partial charge is 0.293 e. The minimum absolute atomic E-state index is 0.0511. The first kappa shape index (κ1) is 20.5. The molecule has 0 atom stereocenters. The number of nitrogens with one attached hydrogen (secondary N) is 3. The number of anilines is 3. The number of amides is 2. The van der Waals surface area contributed by atoms with Crippen LogP contribution < -0.4 is 26.5 Å². The molecule has 10 nitrogen and oxygen atoms in total. The molecular formula is C22H27N7O3. The highest BCUT2D eigenvalue weighted by atomic mass is 16.2. The lowest BCUT2D eigenvalue weighted by molar-refractivity contribution is -0.117. The molecule has 2 saturated carbocycles. The first-order chi connectivity index (χ1) is 15.4. The van der Waals surface area contributed by atoms with Crippen molar-refractivity contribution in [1.82, 2.24) is 20.0 Å². The summed E-state index contributed by atoms with van der Waals surface area (Å²) in [6, 6.07) is 3.25. The summed E-state index contributed by atoms with van der Waals surface area (Å²) in [7, 11) is 1.86. The van der Waals surface area contributed by atoms with Crippen molar-refractivity contribution in [2.24, 2.45) is 5.92 Å². The molecule has 2 aromatic heterocycles. The Morgan fingerprint density at radius 2 is 1.84 bits per heavy atom. The number of carbonyl (C=O) groups is 2. The van der Waals surface area contributed by atoms with Crippen LogP contribution in [0.1, 0.15) is 61.0 Å². The van der Waals surface area contributed by atoms with E-state index in [1.165, 1.54) is 11.0 Å². The van der Waals surface area contributed by atoms with Crippen molar-refractivity contribution in [3.63, 3.8) is 0 Å². The van der Waals surface area contributed by atoms with E-state index in [-0.39, 0.29) is 23.3 Å². The van der Waals surface area contributed by atoms with Crippen molar-refractivity contribution >= 4 is 29.1 Å². The van der Waals surface area contributed by atoms with Crippen LogP contribution in [0.2, 0.25) is 0 Å². The lowest BCUT2D eigenvalue weighted by Crippen LogP contribution is -2.70. The summed E-state index contributed by atoms with van der Waals surface area (Å²) < 4.78 is 1.48. The quantitative estimate of drug-likeness (QED) is 0.669. The van der Waals surface area contributed by atoms with Gasteiger partial charge in [0.25, 0.3) is 11.5 Å². The van der Waals surface area contributed by atoms with Crippen molar-refractivity contribution < 1.29 is 9.59 Å². The van der Waals surface area contributed by atoms with Gasteiger partial charge in [-0.3, -0.25) is 19.4 Å². The third-order valence-electron chi connectivity index (χ3n) is 6.66. The van der Waals surface area contributed by atoms with Crippen LogP contribution in [0.25, 0.3) is 0 Å². The molecule has 1 aliphatic heterocycles. The van der Waals surface area contributed by atoms with Gasteiger partial charge in [-0.1, -0.05) is 6.42 Å². The molecule has 2 amide bonds. The molecule has 5 rings (SSSR count). The Bertz CT molecular complexity index is 1150. The summed E-state index contributed by atoms with van der Waals surface area (Å²) >= 11 is 0. The molecule has 3 aliphatic rings. The van der Waals surface area contributed by atoms with Crippen molar-refractivity contribution in [1.29, 1.82) is 0 Å². The van der Waals surface area contributed by atoms with Crippen molar-refractivity contribution in [3.05, 3.63) is 40.1 Å². The minimum Gasteiger partial charge on any atom is -0.336 e. The predicted octanol–water partition coefficient (Wildman–Crippen LogP) is 2.01. The first-order valence-electron chi connectivity index (χ1n) is 11.1. The largest absolute Gasteiger partial charge is 0.336 e. The Morgan fingerprint density at radius 1 is 1.12 bits per heavy atom. The van der Waals surface area contributed by atoms with Gasteiger partial charge in [-0.2, -0.15) is 0 Å². The van der Waals surface area contributed by atoms with Crippen LogP contribution in [0.5, 0.6) is 0 Å². The van der Waals surface area contributed by atoms with Crippen LogP contribution in [-0.4, -0.2) is 39.2 Å². The number of aromatic nitrogens is 3. The van der Waals surface area contributed by atoms with Gasteiger partial charge in [-0.05, 0) is 57.1 Å². The van der Waals surface area contributed by atoms with E-state index in [2.05, 4.69) is 25.9 Å². The van der Waals surface area contributed by atoms with Gasteiger partial charge in [0.15, 0.2) is 0 Å². The summed E-state index contributed by atoms with van der Waals surface area (Å²) in [5, 5.41) is 10.9. The van der Waals surface area contributed by atoms with Crippen LogP contribution in [0.3, 0.4) is 0 Å². The van der Waals surface area contributed by atoms with Gasteiger partial charge in [-0.25, -0.2) is 14.6 Å². The fourth-order valence-corrected chi connectivity index (χ4v) is 4.71. The fourth-order valence-electron chi connectivity index (χ4n) is 4.71.